The van der Waals surface area contributed by atoms with Crippen molar-refractivity contribution in [2.45, 2.75) is 19.9 Å². The molecule has 0 amide bonds. The third kappa shape index (κ3) is 1.29. The second-order valence-corrected chi connectivity index (χ2v) is 3.62. The first-order valence-corrected chi connectivity index (χ1v) is 4.55. The van der Waals surface area contributed by atoms with Crippen LogP contribution in [0.2, 0.25) is 5.02 Å². The maximum Gasteiger partial charge on any atom is 0.110 e. The van der Waals surface area contributed by atoms with Crippen molar-refractivity contribution in [3.05, 3.63) is 23.5 Å². The predicted molar refractivity (Wildman–Crippen MR) is 52.9 cm³/mol. The number of hydrogen-bond donors (Lipinski definition) is 0. The summed E-state index contributed by atoms with van der Waals surface area (Å²) in [5.41, 5.74) is 1.76. The van der Waals surface area contributed by atoms with Gasteiger partial charge in [0.15, 0.2) is 0 Å². The van der Waals surface area contributed by atoms with Crippen LogP contribution >= 0.6 is 11.6 Å². The fourth-order valence-corrected chi connectivity index (χ4v) is 1.57. The standard InChI is InChI=1S/C9H10ClN3/c1-6(2)13-9-7(10)3-4-11-8(9)5-12-13/h3-6H,1-2H3. The van der Waals surface area contributed by atoms with Crippen LogP contribution in [0.25, 0.3) is 11.0 Å². The second kappa shape index (κ2) is 3.00. The Morgan fingerprint density at radius 2 is 2.23 bits per heavy atom. The molecule has 2 rings (SSSR count). The minimum absolute atomic E-state index is 0.305. The second-order valence-electron chi connectivity index (χ2n) is 3.21. The lowest BCUT2D eigenvalue weighted by Crippen LogP contribution is -2.02. The van der Waals surface area contributed by atoms with E-state index in [1.54, 1.807) is 18.5 Å². The van der Waals surface area contributed by atoms with Gasteiger partial charge in [0.05, 0.1) is 11.2 Å². The van der Waals surface area contributed by atoms with Crippen LogP contribution in [0.15, 0.2) is 18.5 Å². The number of rotatable bonds is 1. The van der Waals surface area contributed by atoms with Gasteiger partial charge in [0, 0.05) is 12.2 Å². The normalized spacial score (nSPS) is 11.4. The molecule has 0 unspecified atom stereocenters. The SMILES string of the molecule is CC(C)n1ncc2nccc(Cl)c21. The number of pyridine rings is 1. The van der Waals surface area contributed by atoms with Gasteiger partial charge in [-0.3, -0.25) is 9.67 Å². The average Bonchev–Trinajstić information content (AvgIpc) is 2.49. The Morgan fingerprint density at radius 1 is 1.46 bits per heavy atom. The summed E-state index contributed by atoms with van der Waals surface area (Å²) < 4.78 is 1.88. The molecule has 0 atom stereocenters. The molecule has 68 valence electrons. The van der Waals surface area contributed by atoms with E-state index in [1.807, 2.05) is 4.68 Å². The minimum Gasteiger partial charge on any atom is -0.259 e. The average molecular weight is 196 g/mol. The Labute approximate surface area is 81.3 Å². The first-order valence-electron chi connectivity index (χ1n) is 4.18. The molecule has 0 fully saturated rings. The van der Waals surface area contributed by atoms with Gasteiger partial charge < -0.3 is 0 Å². The lowest BCUT2D eigenvalue weighted by Gasteiger charge is -2.07. The molecule has 2 aromatic heterocycles. The Morgan fingerprint density at radius 3 is 2.92 bits per heavy atom. The third-order valence-electron chi connectivity index (χ3n) is 1.93. The van der Waals surface area contributed by atoms with E-state index >= 15 is 0 Å². The van der Waals surface area contributed by atoms with Crippen LogP contribution < -0.4 is 0 Å². The Balaban J connectivity index is 2.79. The van der Waals surface area contributed by atoms with Crippen molar-refractivity contribution in [3.8, 4) is 0 Å². The Hall–Kier alpha value is -1.09. The molecule has 2 heterocycles. The van der Waals surface area contributed by atoms with E-state index in [-0.39, 0.29) is 0 Å². The number of nitrogens with zero attached hydrogens (tertiary/aromatic N) is 3. The highest BCUT2D eigenvalue weighted by molar-refractivity contribution is 6.34. The fraction of sp³-hybridized carbons (Fsp3) is 0.333. The molecule has 0 aromatic carbocycles. The smallest absolute Gasteiger partial charge is 0.110 e. The van der Waals surface area contributed by atoms with Gasteiger partial charge >= 0.3 is 0 Å². The zero-order valence-electron chi connectivity index (χ0n) is 7.53. The largest absolute Gasteiger partial charge is 0.259 e. The molecule has 2 aromatic rings. The molecule has 0 N–H and O–H groups in total. The van der Waals surface area contributed by atoms with Gasteiger partial charge in [0.2, 0.25) is 0 Å². The van der Waals surface area contributed by atoms with Crippen molar-refractivity contribution < 1.29 is 0 Å². The first kappa shape index (κ1) is 8.51. The summed E-state index contributed by atoms with van der Waals surface area (Å²) in [5.74, 6) is 0. The number of halogens is 1. The summed E-state index contributed by atoms with van der Waals surface area (Å²) in [4.78, 5) is 4.18. The predicted octanol–water partition coefficient (Wildman–Crippen LogP) is 2.67. The van der Waals surface area contributed by atoms with E-state index < -0.39 is 0 Å². The molecule has 3 nitrogen and oxygen atoms in total. The molecule has 4 heteroatoms. The van der Waals surface area contributed by atoms with Crippen molar-refractivity contribution in [1.29, 1.82) is 0 Å². The van der Waals surface area contributed by atoms with Crippen molar-refractivity contribution in [3.63, 3.8) is 0 Å². The summed E-state index contributed by atoms with van der Waals surface area (Å²) in [6, 6.07) is 2.09. The number of aromatic nitrogens is 3. The summed E-state index contributed by atoms with van der Waals surface area (Å²) in [5, 5.41) is 4.93. The lowest BCUT2D eigenvalue weighted by atomic mass is 10.3. The molecule has 0 radical (unpaired) electrons. The molecule has 0 aliphatic carbocycles. The summed E-state index contributed by atoms with van der Waals surface area (Å²) in [7, 11) is 0. The van der Waals surface area contributed by atoms with Crippen molar-refractivity contribution >= 4 is 22.6 Å². The first-order chi connectivity index (χ1) is 6.20. The zero-order chi connectivity index (χ0) is 9.42. The Bertz CT molecular complexity index is 433. The number of hydrogen-bond acceptors (Lipinski definition) is 2. The quantitative estimate of drug-likeness (QED) is 0.701. The Kier molecular flexibility index (Phi) is 1.96. The van der Waals surface area contributed by atoms with E-state index in [2.05, 4.69) is 23.9 Å². The summed E-state index contributed by atoms with van der Waals surface area (Å²) >= 11 is 6.05. The van der Waals surface area contributed by atoms with Crippen LogP contribution in [0.5, 0.6) is 0 Å². The highest BCUT2D eigenvalue weighted by Gasteiger charge is 2.09. The molecule has 0 aliphatic heterocycles. The maximum absolute atomic E-state index is 6.05. The molecule has 0 saturated heterocycles. The van der Waals surface area contributed by atoms with Crippen LogP contribution in [-0.4, -0.2) is 14.8 Å². The molecule has 13 heavy (non-hydrogen) atoms. The van der Waals surface area contributed by atoms with Crippen LogP contribution in [0, 0.1) is 0 Å². The highest BCUT2D eigenvalue weighted by Crippen LogP contribution is 2.23. The van der Waals surface area contributed by atoms with Gasteiger partial charge in [0.25, 0.3) is 0 Å². The molecule has 0 bridgehead atoms. The van der Waals surface area contributed by atoms with Crippen LogP contribution in [0.3, 0.4) is 0 Å². The monoisotopic (exact) mass is 195 g/mol. The van der Waals surface area contributed by atoms with Gasteiger partial charge in [-0.25, -0.2) is 0 Å². The third-order valence-corrected chi connectivity index (χ3v) is 2.23. The molecular weight excluding hydrogens is 186 g/mol. The van der Waals surface area contributed by atoms with Gasteiger partial charge in [0.1, 0.15) is 11.0 Å². The van der Waals surface area contributed by atoms with Crippen molar-refractivity contribution in [1.82, 2.24) is 14.8 Å². The number of fused-ring (bicyclic) bond motifs is 1. The molecular formula is C9H10ClN3. The van der Waals surface area contributed by atoms with Crippen LogP contribution in [-0.2, 0) is 0 Å². The fourth-order valence-electron chi connectivity index (χ4n) is 1.33. The maximum atomic E-state index is 6.05. The van der Waals surface area contributed by atoms with E-state index in [0.717, 1.165) is 11.0 Å². The van der Waals surface area contributed by atoms with Gasteiger partial charge in [-0.05, 0) is 19.9 Å². The summed E-state index contributed by atoms with van der Waals surface area (Å²) in [6.07, 6.45) is 3.43. The van der Waals surface area contributed by atoms with Gasteiger partial charge in [-0.1, -0.05) is 11.6 Å². The van der Waals surface area contributed by atoms with Crippen LogP contribution in [0.4, 0.5) is 0 Å². The summed E-state index contributed by atoms with van der Waals surface area (Å²) in [6.45, 7) is 4.13. The molecule has 0 spiro atoms. The van der Waals surface area contributed by atoms with Crippen molar-refractivity contribution in [2.24, 2.45) is 0 Å². The molecule has 0 aliphatic rings. The van der Waals surface area contributed by atoms with Gasteiger partial charge in [-0.15, -0.1) is 0 Å². The van der Waals surface area contributed by atoms with Crippen molar-refractivity contribution in [2.75, 3.05) is 0 Å². The van der Waals surface area contributed by atoms with E-state index in [9.17, 15) is 0 Å². The minimum atomic E-state index is 0.305. The van der Waals surface area contributed by atoms with Crippen LogP contribution in [0.1, 0.15) is 19.9 Å². The van der Waals surface area contributed by atoms with Gasteiger partial charge in [-0.2, -0.15) is 5.10 Å². The van der Waals surface area contributed by atoms with E-state index in [4.69, 9.17) is 11.6 Å². The topological polar surface area (TPSA) is 30.7 Å². The van der Waals surface area contributed by atoms with E-state index in [1.165, 1.54) is 0 Å². The lowest BCUT2D eigenvalue weighted by molar-refractivity contribution is 0.551. The zero-order valence-corrected chi connectivity index (χ0v) is 8.28. The highest BCUT2D eigenvalue weighted by atomic mass is 35.5. The van der Waals surface area contributed by atoms with E-state index in [0.29, 0.717) is 11.1 Å². The molecule has 0 saturated carbocycles.